The molecule has 8 heteroatoms. The number of hydrogen-bond acceptors (Lipinski definition) is 4. The van der Waals surface area contributed by atoms with E-state index in [9.17, 15) is 17.6 Å². The summed E-state index contributed by atoms with van der Waals surface area (Å²) in [7, 11) is 2.11. The van der Waals surface area contributed by atoms with Gasteiger partial charge in [0.15, 0.2) is 11.6 Å². The summed E-state index contributed by atoms with van der Waals surface area (Å²) in [5.74, 6) is -2.08. The second kappa shape index (κ2) is 6.19. The van der Waals surface area contributed by atoms with Crippen LogP contribution >= 0.6 is 10.7 Å². The number of methoxy groups -OCH3 is 1. The number of amides is 1. The quantitative estimate of drug-likeness (QED) is 0.857. The second-order valence-electron chi connectivity index (χ2n) is 5.67. The second-order valence-corrected chi connectivity index (χ2v) is 8.21. The number of rotatable bonds is 4. The van der Waals surface area contributed by atoms with Gasteiger partial charge in [-0.25, -0.2) is 12.8 Å². The lowest BCUT2D eigenvalue weighted by atomic mass is 9.97. The maximum absolute atomic E-state index is 13.8. The summed E-state index contributed by atoms with van der Waals surface area (Å²) in [6, 6.07) is 1.89. The predicted molar refractivity (Wildman–Crippen MR) is 77.8 cm³/mol. The predicted octanol–water partition coefficient (Wildman–Crippen LogP) is 2.54. The van der Waals surface area contributed by atoms with Crippen LogP contribution in [0.25, 0.3) is 0 Å². The molecule has 1 N–H and O–H groups in total. The first-order valence-electron chi connectivity index (χ1n) is 6.06. The first-order valence-corrected chi connectivity index (χ1v) is 8.37. The first-order chi connectivity index (χ1) is 9.45. The fraction of sp³-hybridized carbons (Fsp3) is 0.462. The van der Waals surface area contributed by atoms with Crippen LogP contribution in [0.4, 0.5) is 4.39 Å². The summed E-state index contributed by atoms with van der Waals surface area (Å²) in [4.78, 5) is 11.4. The molecule has 0 aliphatic carbocycles. The normalized spacial score (nSPS) is 12.1. The molecule has 1 aromatic rings. The van der Waals surface area contributed by atoms with Crippen molar-refractivity contribution in [3.8, 4) is 5.75 Å². The zero-order valence-corrected chi connectivity index (χ0v) is 13.7. The van der Waals surface area contributed by atoms with Crippen molar-refractivity contribution in [2.45, 2.75) is 25.7 Å². The largest absolute Gasteiger partial charge is 0.492 e. The van der Waals surface area contributed by atoms with E-state index in [1.165, 1.54) is 0 Å². The molecule has 0 atom stereocenters. The third-order valence-corrected chi connectivity index (χ3v) is 3.85. The van der Waals surface area contributed by atoms with E-state index in [2.05, 4.69) is 10.1 Å². The molecule has 0 spiro atoms. The Hall–Kier alpha value is -1.34. The number of halogens is 2. The zero-order chi connectivity index (χ0) is 16.4. The number of ether oxygens (including phenoxy) is 1. The van der Waals surface area contributed by atoms with Crippen LogP contribution in [0.2, 0.25) is 0 Å². The lowest BCUT2D eigenvalue weighted by Gasteiger charge is -2.19. The fourth-order valence-electron chi connectivity index (χ4n) is 1.53. The highest BCUT2D eigenvalue weighted by Crippen LogP contribution is 2.31. The molecule has 0 saturated carbocycles. The van der Waals surface area contributed by atoms with Gasteiger partial charge in [0.25, 0.3) is 15.0 Å². The summed E-state index contributed by atoms with van der Waals surface area (Å²) in [6.45, 7) is 6.09. The van der Waals surface area contributed by atoms with Gasteiger partial charge >= 0.3 is 0 Å². The highest BCUT2D eigenvalue weighted by Gasteiger charge is 2.24. The van der Waals surface area contributed by atoms with Gasteiger partial charge in [-0.2, -0.15) is 0 Å². The van der Waals surface area contributed by atoms with Gasteiger partial charge in [-0.15, -0.1) is 0 Å². The Morgan fingerprint density at radius 1 is 1.38 bits per heavy atom. The van der Waals surface area contributed by atoms with Crippen LogP contribution in [0.3, 0.4) is 0 Å². The summed E-state index contributed by atoms with van der Waals surface area (Å²) >= 11 is 0. The highest BCUT2D eigenvalue weighted by atomic mass is 35.7. The Morgan fingerprint density at radius 2 is 1.95 bits per heavy atom. The third kappa shape index (κ3) is 4.86. The number of carbonyl (C=O) groups is 1. The zero-order valence-electron chi connectivity index (χ0n) is 12.2. The molecule has 21 heavy (non-hydrogen) atoms. The maximum Gasteiger partial charge on any atom is 0.265 e. The minimum atomic E-state index is -4.24. The molecule has 0 aromatic heterocycles. The van der Waals surface area contributed by atoms with Gasteiger partial charge in [-0.3, -0.25) is 4.79 Å². The molecule has 1 rings (SSSR count). The third-order valence-electron chi connectivity index (χ3n) is 2.52. The van der Waals surface area contributed by atoms with Crippen LogP contribution in [0.15, 0.2) is 17.0 Å². The number of nitrogens with one attached hydrogen (secondary N) is 1. The molecule has 5 nitrogen and oxygen atoms in total. The van der Waals surface area contributed by atoms with E-state index in [4.69, 9.17) is 10.7 Å². The van der Waals surface area contributed by atoms with Crippen molar-refractivity contribution >= 4 is 25.6 Å². The molecule has 1 aromatic carbocycles. The van der Waals surface area contributed by atoms with Gasteiger partial charge in [0.05, 0.1) is 7.11 Å². The van der Waals surface area contributed by atoms with E-state index >= 15 is 0 Å². The highest BCUT2D eigenvalue weighted by molar-refractivity contribution is 8.13. The van der Waals surface area contributed by atoms with Gasteiger partial charge in [0, 0.05) is 22.8 Å². The van der Waals surface area contributed by atoms with Gasteiger partial charge in [-0.05, 0) is 17.5 Å². The van der Waals surface area contributed by atoms with Crippen molar-refractivity contribution in [3.63, 3.8) is 0 Å². The van der Waals surface area contributed by atoms with Gasteiger partial charge in [0.2, 0.25) is 0 Å². The molecule has 0 bridgehead atoms. The average molecular weight is 338 g/mol. The van der Waals surface area contributed by atoms with Crippen LogP contribution in [0.1, 0.15) is 31.1 Å². The van der Waals surface area contributed by atoms with Crippen molar-refractivity contribution in [2.24, 2.45) is 5.41 Å². The number of carbonyl (C=O) groups excluding carboxylic acids is 1. The molecular formula is C13H17ClFNO4S. The Kier molecular flexibility index (Phi) is 5.22. The summed E-state index contributed by atoms with van der Waals surface area (Å²) in [5, 5.41) is 2.60. The lowest BCUT2D eigenvalue weighted by Crippen LogP contribution is -2.32. The van der Waals surface area contributed by atoms with Crippen molar-refractivity contribution in [3.05, 3.63) is 23.5 Å². The summed E-state index contributed by atoms with van der Waals surface area (Å²) < 4.78 is 41.4. The van der Waals surface area contributed by atoms with Crippen molar-refractivity contribution in [1.82, 2.24) is 5.32 Å². The summed E-state index contributed by atoms with van der Waals surface area (Å²) in [5.41, 5.74) is -0.306. The van der Waals surface area contributed by atoms with Crippen LogP contribution < -0.4 is 10.1 Å². The molecule has 0 radical (unpaired) electrons. The Labute approximate surface area is 127 Å². The standard InChI is InChI=1S/C13H17ClFNO4S/c1-13(2,3)7-16-12(17)8-5-9(15)11(20-4)10(6-8)21(14,18)19/h5-6H,7H2,1-4H3,(H,16,17). The Balaban J connectivity index is 3.22. The Morgan fingerprint density at radius 3 is 2.38 bits per heavy atom. The van der Waals surface area contributed by atoms with Crippen molar-refractivity contribution in [2.75, 3.05) is 13.7 Å². The van der Waals surface area contributed by atoms with E-state index in [0.29, 0.717) is 6.54 Å². The van der Waals surface area contributed by atoms with Crippen LogP contribution in [0, 0.1) is 11.2 Å². The van der Waals surface area contributed by atoms with E-state index < -0.39 is 31.4 Å². The fourth-order valence-corrected chi connectivity index (χ4v) is 2.54. The molecule has 118 valence electrons. The molecule has 1 amide bonds. The topological polar surface area (TPSA) is 72.5 Å². The average Bonchev–Trinajstić information content (AvgIpc) is 2.32. The van der Waals surface area contributed by atoms with Crippen LogP contribution in [0.5, 0.6) is 5.75 Å². The van der Waals surface area contributed by atoms with Gasteiger partial charge in [-0.1, -0.05) is 20.8 Å². The molecule has 0 heterocycles. The van der Waals surface area contributed by atoms with E-state index in [0.717, 1.165) is 19.2 Å². The molecule has 0 aliphatic rings. The lowest BCUT2D eigenvalue weighted by molar-refractivity contribution is 0.0938. The maximum atomic E-state index is 13.8. The SMILES string of the molecule is COc1c(F)cc(C(=O)NCC(C)(C)C)cc1S(=O)(=O)Cl. The van der Waals surface area contributed by atoms with E-state index in [-0.39, 0.29) is 11.0 Å². The number of benzene rings is 1. The first kappa shape index (κ1) is 17.7. The smallest absolute Gasteiger partial charge is 0.265 e. The van der Waals surface area contributed by atoms with E-state index in [1.54, 1.807) is 0 Å². The summed E-state index contributed by atoms with van der Waals surface area (Å²) in [6.07, 6.45) is 0. The minimum Gasteiger partial charge on any atom is -0.492 e. The van der Waals surface area contributed by atoms with Crippen LogP contribution in [-0.4, -0.2) is 28.0 Å². The van der Waals surface area contributed by atoms with E-state index in [1.807, 2.05) is 20.8 Å². The van der Waals surface area contributed by atoms with Crippen molar-refractivity contribution < 1.29 is 22.3 Å². The van der Waals surface area contributed by atoms with Gasteiger partial charge < -0.3 is 10.1 Å². The van der Waals surface area contributed by atoms with Crippen LogP contribution in [-0.2, 0) is 9.05 Å². The molecule has 0 saturated heterocycles. The molecule has 0 aliphatic heterocycles. The van der Waals surface area contributed by atoms with Crippen molar-refractivity contribution in [1.29, 1.82) is 0 Å². The van der Waals surface area contributed by atoms with Gasteiger partial charge in [0.1, 0.15) is 4.90 Å². The molecular weight excluding hydrogens is 321 g/mol. The molecule has 0 unspecified atom stereocenters. The molecule has 0 fully saturated rings. The Bertz CT molecular complexity index is 653. The monoisotopic (exact) mass is 337 g/mol. The number of hydrogen-bond donors (Lipinski definition) is 1. The minimum absolute atomic E-state index is 0.142.